The molecule has 0 amide bonds. The molecule has 2 aromatic rings. The van der Waals surface area contributed by atoms with Gasteiger partial charge in [0.05, 0.1) is 15.6 Å². The zero-order valence-corrected chi connectivity index (χ0v) is 14.4. The van der Waals surface area contributed by atoms with Gasteiger partial charge in [0.1, 0.15) is 0 Å². The predicted octanol–water partition coefficient (Wildman–Crippen LogP) is 4.24. The number of anilines is 1. The molecule has 0 fully saturated rings. The molecule has 1 N–H and O–H groups in total. The third-order valence-electron chi connectivity index (χ3n) is 2.69. The maximum Gasteiger partial charge on any atom is 0.206 e. The minimum absolute atomic E-state index is 0.374. The van der Waals surface area contributed by atoms with Gasteiger partial charge in [-0.1, -0.05) is 32.1 Å². The van der Waals surface area contributed by atoms with Crippen LogP contribution in [0.5, 0.6) is 0 Å². The van der Waals surface area contributed by atoms with Crippen molar-refractivity contribution in [2.75, 3.05) is 5.32 Å². The van der Waals surface area contributed by atoms with Gasteiger partial charge in [0.2, 0.25) is 5.13 Å². The van der Waals surface area contributed by atoms with Crippen LogP contribution in [0.1, 0.15) is 45.3 Å². The van der Waals surface area contributed by atoms with E-state index in [0.29, 0.717) is 12.0 Å². The van der Waals surface area contributed by atoms with Crippen LogP contribution in [0.3, 0.4) is 0 Å². The number of nitrogens with zero attached hydrogens (tertiary/aromatic N) is 3. The Labute approximate surface area is 128 Å². The van der Waals surface area contributed by atoms with Crippen LogP contribution >= 0.6 is 22.7 Å². The second-order valence-corrected chi connectivity index (χ2v) is 7.61. The first-order valence-electron chi connectivity index (χ1n) is 7.08. The molecule has 0 aliphatic rings. The van der Waals surface area contributed by atoms with Crippen LogP contribution in [0.2, 0.25) is 0 Å². The fraction of sp³-hybridized carbons (Fsp3) is 0.643. The molecule has 0 aliphatic heterocycles. The smallest absolute Gasteiger partial charge is 0.206 e. The van der Waals surface area contributed by atoms with Gasteiger partial charge in [-0.15, -0.1) is 21.5 Å². The van der Waals surface area contributed by atoms with E-state index in [4.69, 9.17) is 4.98 Å². The van der Waals surface area contributed by atoms with Crippen LogP contribution in [0, 0.1) is 5.92 Å². The molecule has 0 unspecified atom stereocenters. The average molecular weight is 310 g/mol. The topological polar surface area (TPSA) is 50.7 Å². The third kappa shape index (κ3) is 3.76. The summed E-state index contributed by atoms with van der Waals surface area (Å²) in [7, 11) is 0. The molecule has 2 aromatic heterocycles. The summed E-state index contributed by atoms with van der Waals surface area (Å²) in [6.45, 7) is 10.8. The monoisotopic (exact) mass is 310 g/mol. The number of aromatic nitrogens is 3. The summed E-state index contributed by atoms with van der Waals surface area (Å²) < 4.78 is 0. The maximum absolute atomic E-state index is 4.75. The lowest BCUT2D eigenvalue weighted by Crippen LogP contribution is -2.08. The largest absolute Gasteiger partial charge is 0.358 e. The Morgan fingerprint density at radius 3 is 2.45 bits per heavy atom. The van der Waals surface area contributed by atoms with Crippen molar-refractivity contribution in [3.8, 4) is 9.88 Å². The second kappa shape index (κ2) is 6.63. The van der Waals surface area contributed by atoms with Gasteiger partial charge < -0.3 is 5.32 Å². The lowest BCUT2D eigenvalue weighted by molar-refractivity contribution is 0.643. The number of nitrogens with one attached hydrogen (secondary N) is 1. The summed E-state index contributed by atoms with van der Waals surface area (Å²) in [5.41, 5.74) is 1.15. The molecule has 0 spiro atoms. The van der Waals surface area contributed by atoms with Gasteiger partial charge in [-0.05, 0) is 26.2 Å². The number of hydrogen-bond acceptors (Lipinski definition) is 6. The Morgan fingerprint density at radius 1 is 1.10 bits per heavy atom. The Kier molecular flexibility index (Phi) is 5.10. The Bertz CT molecular complexity index is 557. The SMILES string of the molecule is CCc1nc(CC(C)C)sc1-c1nnc(NC(C)C)s1. The first kappa shape index (κ1) is 15.4. The lowest BCUT2D eigenvalue weighted by Gasteiger charge is -2.03. The predicted molar refractivity (Wildman–Crippen MR) is 87.7 cm³/mol. The van der Waals surface area contributed by atoms with Crippen LogP contribution in [0.4, 0.5) is 5.13 Å². The Hall–Kier alpha value is -1.01. The molecule has 110 valence electrons. The molecule has 0 aromatic carbocycles. The van der Waals surface area contributed by atoms with Gasteiger partial charge in [-0.3, -0.25) is 0 Å². The molecule has 2 rings (SSSR count). The molecule has 20 heavy (non-hydrogen) atoms. The van der Waals surface area contributed by atoms with Crippen molar-refractivity contribution < 1.29 is 0 Å². The molecule has 6 heteroatoms. The van der Waals surface area contributed by atoms with Gasteiger partial charge in [0.15, 0.2) is 5.01 Å². The van der Waals surface area contributed by atoms with Crippen molar-refractivity contribution in [3.05, 3.63) is 10.7 Å². The summed E-state index contributed by atoms with van der Waals surface area (Å²) in [4.78, 5) is 5.94. The Morgan fingerprint density at radius 2 is 1.85 bits per heavy atom. The van der Waals surface area contributed by atoms with E-state index in [9.17, 15) is 0 Å². The number of aryl methyl sites for hydroxylation is 1. The highest BCUT2D eigenvalue weighted by atomic mass is 32.1. The summed E-state index contributed by atoms with van der Waals surface area (Å²) in [6.07, 6.45) is 1.98. The van der Waals surface area contributed by atoms with Gasteiger partial charge in [0.25, 0.3) is 0 Å². The minimum Gasteiger partial charge on any atom is -0.358 e. The molecule has 0 atom stereocenters. The molecule has 2 heterocycles. The van der Waals surface area contributed by atoms with E-state index < -0.39 is 0 Å². The van der Waals surface area contributed by atoms with Gasteiger partial charge in [-0.25, -0.2) is 4.98 Å². The van der Waals surface area contributed by atoms with Crippen molar-refractivity contribution in [2.24, 2.45) is 5.92 Å². The summed E-state index contributed by atoms with van der Waals surface area (Å²) in [5, 5.41) is 14.9. The van der Waals surface area contributed by atoms with Crippen LogP contribution < -0.4 is 5.32 Å². The van der Waals surface area contributed by atoms with Gasteiger partial charge in [-0.2, -0.15) is 0 Å². The quantitative estimate of drug-likeness (QED) is 0.867. The highest BCUT2D eigenvalue weighted by Crippen LogP contribution is 2.35. The minimum atomic E-state index is 0.374. The van der Waals surface area contributed by atoms with Crippen molar-refractivity contribution in [2.45, 2.75) is 53.5 Å². The van der Waals surface area contributed by atoms with Crippen molar-refractivity contribution in [1.82, 2.24) is 15.2 Å². The molecule has 0 saturated carbocycles. The van der Waals surface area contributed by atoms with Crippen LogP contribution in [0.25, 0.3) is 9.88 Å². The summed E-state index contributed by atoms with van der Waals surface area (Å²) in [5.74, 6) is 0.631. The second-order valence-electron chi connectivity index (χ2n) is 5.55. The van der Waals surface area contributed by atoms with Gasteiger partial charge in [0, 0.05) is 12.5 Å². The fourth-order valence-corrected chi connectivity index (χ4v) is 4.21. The normalized spacial score (nSPS) is 11.6. The van der Waals surface area contributed by atoms with Crippen LogP contribution in [-0.4, -0.2) is 21.2 Å². The van der Waals surface area contributed by atoms with E-state index in [-0.39, 0.29) is 0 Å². The molecular weight excluding hydrogens is 288 g/mol. The summed E-state index contributed by atoms with van der Waals surface area (Å²) >= 11 is 3.38. The highest BCUT2D eigenvalue weighted by molar-refractivity contribution is 7.23. The van der Waals surface area contributed by atoms with Crippen molar-refractivity contribution in [3.63, 3.8) is 0 Å². The molecule has 0 radical (unpaired) electrons. The van der Waals surface area contributed by atoms with E-state index >= 15 is 0 Å². The molecule has 0 bridgehead atoms. The first-order chi connectivity index (χ1) is 9.49. The standard InChI is InChI=1S/C14H22N4S2/c1-6-10-12(19-11(16-10)7-8(2)3)13-17-18-14(20-13)15-9(4)5/h8-9H,6-7H2,1-5H3,(H,15,18). The van der Waals surface area contributed by atoms with E-state index in [0.717, 1.165) is 28.7 Å². The number of hydrogen-bond donors (Lipinski definition) is 1. The zero-order chi connectivity index (χ0) is 14.7. The Balaban J connectivity index is 2.26. The molecular formula is C14H22N4S2. The fourth-order valence-electron chi connectivity index (χ4n) is 1.86. The number of thiazole rings is 1. The van der Waals surface area contributed by atoms with Crippen LogP contribution in [0.15, 0.2) is 0 Å². The lowest BCUT2D eigenvalue weighted by atomic mass is 10.1. The average Bonchev–Trinajstić information content (AvgIpc) is 2.93. The maximum atomic E-state index is 4.75. The van der Waals surface area contributed by atoms with E-state index in [1.54, 1.807) is 22.7 Å². The van der Waals surface area contributed by atoms with Crippen molar-refractivity contribution >= 4 is 27.8 Å². The molecule has 4 nitrogen and oxygen atoms in total. The molecule has 0 saturated heterocycles. The third-order valence-corrected chi connectivity index (χ3v) is 4.82. The molecule has 0 aliphatic carbocycles. The number of rotatable bonds is 6. The van der Waals surface area contributed by atoms with Crippen LogP contribution in [-0.2, 0) is 12.8 Å². The van der Waals surface area contributed by atoms with E-state index in [1.165, 1.54) is 9.88 Å². The van der Waals surface area contributed by atoms with Crippen molar-refractivity contribution in [1.29, 1.82) is 0 Å². The zero-order valence-electron chi connectivity index (χ0n) is 12.7. The summed E-state index contributed by atoms with van der Waals surface area (Å²) in [6, 6.07) is 0.374. The van der Waals surface area contributed by atoms with E-state index in [2.05, 4.69) is 50.1 Å². The highest BCUT2D eigenvalue weighted by Gasteiger charge is 2.16. The first-order valence-corrected chi connectivity index (χ1v) is 8.71. The van der Waals surface area contributed by atoms with Gasteiger partial charge >= 0.3 is 0 Å². The van der Waals surface area contributed by atoms with E-state index in [1.807, 2.05) is 0 Å².